The molecular weight excluding hydrogens is 396 g/mol. The molecule has 0 saturated heterocycles. The molecule has 3 aromatic carbocycles. The molecule has 0 fully saturated rings. The first-order valence-corrected chi connectivity index (χ1v) is 8.99. The zero-order valence-corrected chi connectivity index (χ0v) is 15.9. The van der Waals surface area contributed by atoms with Gasteiger partial charge in [0.15, 0.2) is 0 Å². The van der Waals surface area contributed by atoms with Crippen LogP contribution in [0, 0.1) is 5.82 Å². The van der Waals surface area contributed by atoms with Gasteiger partial charge in [0.05, 0.1) is 5.02 Å². The molecule has 0 bridgehead atoms. The van der Waals surface area contributed by atoms with E-state index in [4.69, 9.17) is 39.5 Å². The van der Waals surface area contributed by atoms with Crippen molar-refractivity contribution < 1.29 is 9.13 Å². The van der Waals surface area contributed by atoms with Gasteiger partial charge in [0, 0.05) is 27.8 Å². The normalized spacial score (nSPS) is 10.6. The first-order chi connectivity index (χ1) is 12.5. The molecule has 0 aromatic heterocycles. The lowest BCUT2D eigenvalue weighted by Gasteiger charge is -2.14. The summed E-state index contributed by atoms with van der Waals surface area (Å²) in [5.74, 6) is 0.251. The van der Waals surface area contributed by atoms with Crippen molar-refractivity contribution in [1.29, 1.82) is 0 Å². The molecule has 1 N–H and O–H groups in total. The zero-order chi connectivity index (χ0) is 18.5. The predicted octanol–water partition coefficient (Wildman–Crippen LogP) is 6.98. The molecule has 0 saturated carbocycles. The van der Waals surface area contributed by atoms with E-state index in [0.717, 1.165) is 11.1 Å². The Bertz CT molecular complexity index is 917. The van der Waals surface area contributed by atoms with Crippen LogP contribution in [0.2, 0.25) is 15.1 Å². The molecule has 0 radical (unpaired) electrons. The standard InChI is InChI=1S/C20H15Cl3FNO/c21-15-3-1-2-13(8-15)12-26-20-7-4-16(22)9-14(20)11-25-17-5-6-19(24)18(23)10-17/h1-10,25H,11-12H2. The van der Waals surface area contributed by atoms with Crippen molar-refractivity contribution in [2.75, 3.05) is 5.32 Å². The third-order valence-electron chi connectivity index (χ3n) is 3.71. The number of hydrogen-bond donors (Lipinski definition) is 1. The van der Waals surface area contributed by atoms with Gasteiger partial charge in [-0.3, -0.25) is 0 Å². The highest BCUT2D eigenvalue weighted by Gasteiger charge is 2.07. The van der Waals surface area contributed by atoms with Gasteiger partial charge in [-0.25, -0.2) is 4.39 Å². The Hall–Kier alpha value is -1.94. The second-order valence-electron chi connectivity index (χ2n) is 5.65. The van der Waals surface area contributed by atoms with Gasteiger partial charge in [-0.1, -0.05) is 46.9 Å². The molecule has 26 heavy (non-hydrogen) atoms. The zero-order valence-electron chi connectivity index (χ0n) is 13.6. The average molecular weight is 411 g/mol. The van der Waals surface area contributed by atoms with E-state index in [1.165, 1.54) is 12.1 Å². The summed E-state index contributed by atoms with van der Waals surface area (Å²) in [7, 11) is 0. The van der Waals surface area contributed by atoms with Crippen LogP contribution in [0.25, 0.3) is 0 Å². The molecule has 0 amide bonds. The number of ether oxygens (including phenoxy) is 1. The Balaban J connectivity index is 1.71. The topological polar surface area (TPSA) is 21.3 Å². The van der Waals surface area contributed by atoms with Crippen LogP contribution in [-0.2, 0) is 13.2 Å². The van der Waals surface area contributed by atoms with E-state index >= 15 is 0 Å². The van der Waals surface area contributed by atoms with Gasteiger partial charge in [0.2, 0.25) is 0 Å². The Kier molecular flexibility index (Phi) is 6.25. The minimum Gasteiger partial charge on any atom is -0.489 e. The van der Waals surface area contributed by atoms with E-state index in [2.05, 4.69) is 5.32 Å². The van der Waals surface area contributed by atoms with Crippen molar-refractivity contribution in [3.63, 3.8) is 0 Å². The Labute approximate surface area is 166 Å². The first kappa shape index (κ1) is 18.8. The van der Waals surface area contributed by atoms with E-state index in [-0.39, 0.29) is 5.02 Å². The summed E-state index contributed by atoms with van der Waals surface area (Å²) in [6.07, 6.45) is 0. The maximum atomic E-state index is 13.3. The monoisotopic (exact) mass is 409 g/mol. The van der Waals surface area contributed by atoms with Gasteiger partial charge in [-0.15, -0.1) is 0 Å². The highest BCUT2D eigenvalue weighted by molar-refractivity contribution is 6.31. The number of hydrogen-bond acceptors (Lipinski definition) is 2. The minimum atomic E-state index is -0.453. The Morgan fingerprint density at radius 2 is 1.69 bits per heavy atom. The lowest BCUT2D eigenvalue weighted by Crippen LogP contribution is -2.04. The van der Waals surface area contributed by atoms with Crippen LogP contribution in [0.5, 0.6) is 5.75 Å². The van der Waals surface area contributed by atoms with Crippen LogP contribution in [-0.4, -0.2) is 0 Å². The molecule has 0 atom stereocenters. The quantitative estimate of drug-likeness (QED) is 0.473. The summed E-state index contributed by atoms with van der Waals surface area (Å²) >= 11 is 17.9. The number of anilines is 1. The lowest BCUT2D eigenvalue weighted by molar-refractivity contribution is 0.303. The lowest BCUT2D eigenvalue weighted by atomic mass is 10.2. The van der Waals surface area contributed by atoms with E-state index in [0.29, 0.717) is 34.6 Å². The van der Waals surface area contributed by atoms with Crippen LogP contribution in [0.1, 0.15) is 11.1 Å². The highest BCUT2D eigenvalue weighted by Crippen LogP contribution is 2.26. The van der Waals surface area contributed by atoms with Crippen LogP contribution in [0.15, 0.2) is 60.7 Å². The fourth-order valence-electron chi connectivity index (χ4n) is 2.42. The molecule has 0 aliphatic rings. The third-order valence-corrected chi connectivity index (χ3v) is 4.47. The summed E-state index contributed by atoms with van der Waals surface area (Å²) in [4.78, 5) is 0. The van der Waals surface area contributed by atoms with Gasteiger partial charge >= 0.3 is 0 Å². The van der Waals surface area contributed by atoms with Crippen molar-refractivity contribution in [2.24, 2.45) is 0 Å². The summed E-state index contributed by atoms with van der Waals surface area (Å²) in [6, 6.07) is 17.4. The summed E-state index contributed by atoms with van der Waals surface area (Å²) < 4.78 is 19.2. The van der Waals surface area contributed by atoms with Crippen LogP contribution in [0.3, 0.4) is 0 Å². The first-order valence-electron chi connectivity index (χ1n) is 7.86. The fraction of sp³-hybridized carbons (Fsp3) is 0.100. The van der Waals surface area contributed by atoms with Crippen molar-refractivity contribution in [3.8, 4) is 5.75 Å². The molecule has 0 aliphatic carbocycles. The fourth-order valence-corrected chi connectivity index (χ4v) is 3.01. The van der Waals surface area contributed by atoms with Crippen molar-refractivity contribution >= 4 is 40.5 Å². The third kappa shape index (κ3) is 5.04. The van der Waals surface area contributed by atoms with E-state index < -0.39 is 5.82 Å². The van der Waals surface area contributed by atoms with Gasteiger partial charge in [-0.05, 0) is 54.1 Å². The second-order valence-corrected chi connectivity index (χ2v) is 6.93. The largest absolute Gasteiger partial charge is 0.489 e. The summed E-state index contributed by atoms with van der Waals surface area (Å²) in [6.45, 7) is 0.838. The average Bonchev–Trinajstić information content (AvgIpc) is 2.62. The summed E-state index contributed by atoms with van der Waals surface area (Å²) in [5, 5.41) is 4.53. The van der Waals surface area contributed by atoms with Gasteiger partial charge in [0.25, 0.3) is 0 Å². The predicted molar refractivity (Wildman–Crippen MR) is 106 cm³/mol. The maximum Gasteiger partial charge on any atom is 0.141 e. The molecule has 3 aromatic rings. The van der Waals surface area contributed by atoms with Gasteiger partial charge in [0.1, 0.15) is 18.2 Å². The summed E-state index contributed by atoms with van der Waals surface area (Å²) in [5.41, 5.74) is 2.55. The van der Waals surface area contributed by atoms with Crippen molar-refractivity contribution in [2.45, 2.75) is 13.2 Å². The maximum absolute atomic E-state index is 13.3. The Morgan fingerprint density at radius 1 is 0.885 bits per heavy atom. The van der Waals surface area contributed by atoms with Crippen LogP contribution >= 0.6 is 34.8 Å². The number of nitrogens with one attached hydrogen (secondary N) is 1. The van der Waals surface area contributed by atoms with Gasteiger partial charge in [-0.2, -0.15) is 0 Å². The number of benzene rings is 3. The molecule has 0 aliphatic heterocycles. The number of halogens is 4. The molecular formula is C20H15Cl3FNO. The van der Waals surface area contributed by atoms with E-state index in [1.54, 1.807) is 12.1 Å². The Morgan fingerprint density at radius 3 is 2.46 bits per heavy atom. The molecule has 0 spiro atoms. The van der Waals surface area contributed by atoms with E-state index in [9.17, 15) is 4.39 Å². The van der Waals surface area contributed by atoms with Crippen LogP contribution in [0.4, 0.5) is 10.1 Å². The number of rotatable bonds is 6. The van der Waals surface area contributed by atoms with E-state index in [1.807, 2.05) is 36.4 Å². The van der Waals surface area contributed by atoms with Gasteiger partial charge < -0.3 is 10.1 Å². The smallest absolute Gasteiger partial charge is 0.141 e. The van der Waals surface area contributed by atoms with Crippen molar-refractivity contribution in [3.05, 3.63) is 92.7 Å². The molecule has 0 unspecified atom stereocenters. The van der Waals surface area contributed by atoms with Crippen molar-refractivity contribution in [1.82, 2.24) is 0 Å². The highest BCUT2D eigenvalue weighted by atomic mass is 35.5. The second kappa shape index (κ2) is 8.63. The molecule has 3 rings (SSSR count). The SMILES string of the molecule is Fc1ccc(NCc2cc(Cl)ccc2OCc2cccc(Cl)c2)cc1Cl. The molecule has 134 valence electrons. The molecule has 0 heterocycles. The molecule has 2 nitrogen and oxygen atoms in total. The minimum absolute atomic E-state index is 0.0681. The molecule has 6 heteroatoms. The van der Waals surface area contributed by atoms with Crippen LogP contribution < -0.4 is 10.1 Å².